The summed E-state index contributed by atoms with van der Waals surface area (Å²) in [7, 11) is 0. The number of fused-ring (bicyclic) bond motifs is 1. The lowest BCUT2D eigenvalue weighted by Gasteiger charge is -2.19. The zero-order chi connectivity index (χ0) is 20.5. The Morgan fingerprint density at radius 1 is 1.34 bits per heavy atom. The third-order valence-corrected chi connectivity index (χ3v) is 5.24. The van der Waals surface area contributed by atoms with Crippen LogP contribution in [-0.4, -0.2) is 38.0 Å². The maximum absolute atomic E-state index is 12.4. The first-order valence-corrected chi connectivity index (χ1v) is 9.70. The van der Waals surface area contributed by atoms with Gasteiger partial charge in [0.2, 0.25) is 5.17 Å². The van der Waals surface area contributed by atoms with E-state index in [0.717, 1.165) is 17.9 Å². The van der Waals surface area contributed by atoms with Gasteiger partial charge in [0.1, 0.15) is 16.6 Å². The molecule has 2 aliphatic rings. The van der Waals surface area contributed by atoms with Crippen molar-refractivity contribution in [1.29, 1.82) is 5.41 Å². The van der Waals surface area contributed by atoms with E-state index < -0.39 is 11.9 Å². The van der Waals surface area contributed by atoms with Crippen LogP contribution < -0.4 is 0 Å². The van der Waals surface area contributed by atoms with E-state index >= 15 is 0 Å². The van der Waals surface area contributed by atoms with Crippen LogP contribution in [0.15, 0.2) is 56.5 Å². The molecule has 0 unspecified atom stereocenters. The molecule has 1 aromatic heterocycles. The van der Waals surface area contributed by atoms with Crippen molar-refractivity contribution in [3.05, 3.63) is 53.3 Å². The zero-order valence-electron chi connectivity index (χ0n) is 15.4. The molecule has 0 fully saturated rings. The van der Waals surface area contributed by atoms with E-state index in [1.165, 1.54) is 35.0 Å². The van der Waals surface area contributed by atoms with Crippen LogP contribution in [0.3, 0.4) is 0 Å². The second-order valence-corrected chi connectivity index (χ2v) is 7.39. The largest absolute Gasteiger partial charge is 0.478 e. The van der Waals surface area contributed by atoms with Gasteiger partial charge in [-0.15, -0.1) is 0 Å². The Hall–Kier alpha value is -3.46. The molecule has 0 atom stereocenters. The Balaban J connectivity index is 1.62. The van der Waals surface area contributed by atoms with Crippen LogP contribution in [0, 0.1) is 5.41 Å². The smallest absolute Gasteiger partial charge is 0.335 e. The van der Waals surface area contributed by atoms with Gasteiger partial charge in [0.15, 0.2) is 5.84 Å². The molecule has 0 bridgehead atoms. The van der Waals surface area contributed by atoms with Crippen molar-refractivity contribution in [2.75, 3.05) is 0 Å². The minimum atomic E-state index is -1.03. The summed E-state index contributed by atoms with van der Waals surface area (Å²) in [6, 6.07) is 9.71. The topological polar surface area (TPSA) is 119 Å². The summed E-state index contributed by atoms with van der Waals surface area (Å²) in [5, 5.41) is 24.4. The van der Waals surface area contributed by atoms with E-state index in [1.54, 1.807) is 24.3 Å². The number of aliphatic imine (C=N–C) groups is 1. The minimum absolute atomic E-state index is 0.0515. The molecule has 29 heavy (non-hydrogen) atoms. The first-order valence-electron chi connectivity index (χ1n) is 8.89. The van der Waals surface area contributed by atoms with Gasteiger partial charge >= 0.3 is 5.97 Å². The number of rotatable bonds is 5. The van der Waals surface area contributed by atoms with Crippen molar-refractivity contribution in [2.24, 2.45) is 10.1 Å². The molecule has 2 aliphatic heterocycles. The molecular weight excluding hydrogens is 392 g/mol. The highest BCUT2D eigenvalue weighted by atomic mass is 32.2. The second-order valence-electron chi connectivity index (χ2n) is 6.35. The molecule has 8 nitrogen and oxygen atoms in total. The van der Waals surface area contributed by atoms with Gasteiger partial charge in [0.05, 0.1) is 11.1 Å². The van der Waals surface area contributed by atoms with Crippen LogP contribution in [0.2, 0.25) is 0 Å². The molecule has 0 aliphatic carbocycles. The molecule has 146 valence electrons. The first kappa shape index (κ1) is 18.9. The number of carbonyl (C=O) groups excluding carboxylic acids is 1. The molecule has 0 saturated heterocycles. The highest BCUT2D eigenvalue weighted by molar-refractivity contribution is 8.26. The average Bonchev–Trinajstić information content (AvgIpc) is 3.32. The number of thioether (sulfide) groups is 1. The predicted molar refractivity (Wildman–Crippen MR) is 111 cm³/mol. The highest BCUT2D eigenvalue weighted by Gasteiger charge is 2.35. The fourth-order valence-electron chi connectivity index (χ4n) is 2.88. The molecule has 4 rings (SSSR count). The lowest BCUT2D eigenvalue weighted by Crippen LogP contribution is -2.35. The third-order valence-electron chi connectivity index (χ3n) is 4.27. The number of nitrogens with zero attached hydrogens (tertiary/aromatic N) is 3. The van der Waals surface area contributed by atoms with Crippen LogP contribution in [0.5, 0.6) is 0 Å². The number of hydrazone groups is 1. The monoisotopic (exact) mass is 408 g/mol. The van der Waals surface area contributed by atoms with Gasteiger partial charge in [-0.2, -0.15) is 15.1 Å². The van der Waals surface area contributed by atoms with Gasteiger partial charge in [0, 0.05) is 5.56 Å². The van der Waals surface area contributed by atoms with Crippen LogP contribution in [0.1, 0.15) is 35.9 Å². The molecule has 1 aromatic carbocycles. The lowest BCUT2D eigenvalue weighted by atomic mass is 10.1. The second kappa shape index (κ2) is 7.51. The number of aromatic carboxylic acids is 1. The number of hydrogen-bond acceptors (Lipinski definition) is 6. The number of nitrogens with one attached hydrogen (secondary N) is 1. The van der Waals surface area contributed by atoms with Crippen LogP contribution >= 0.6 is 11.8 Å². The fourth-order valence-corrected chi connectivity index (χ4v) is 3.87. The molecule has 3 heterocycles. The van der Waals surface area contributed by atoms with Crippen molar-refractivity contribution in [3.63, 3.8) is 0 Å². The summed E-state index contributed by atoms with van der Waals surface area (Å²) >= 11 is 1.31. The fraction of sp³-hybridized carbons (Fsp3) is 0.150. The van der Waals surface area contributed by atoms with Crippen molar-refractivity contribution >= 4 is 45.8 Å². The number of furan rings is 1. The Kier molecular flexibility index (Phi) is 4.89. The quantitative estimate of drug-likeness (QED) is 0.720. The summed E-state index contributed by atoms with van der Waals surface area (Å²) in [6.07, 6.45) is 3.13. The molecule has 1 amide bonds. The van der Waals surface area contributed by atoms with Gasteiger partial charge in [0.25, 0.3) is 5.91 Å². The molecule has 2 N–H and O–H groups in total. The van der Waals surface area contributed by atoms with E-state index in [1.807, 2.05) is 6.92 Å². The number of benzene rings is 1. The van der Waals surface area contributed by atoms with Crippen molar-refractivity contribution in [3.8, 4) is 11.3 Å². The molecule has 2 aromatic rings. The van der Waals surface area contributed by atoms with E-state index in [0.29, 0.717) is 22.3 Å². The standard InChI is InChI=1S/C20H16N4O4S/c1-2-4-16-23-24-17(21)14(18(25)22-20(24)29-16)10-13-7-8-15(28-13)11-5-3-6-12(9-11)19(26)27/h3,5-10,21H,2,4H2,1H3,(H,26,27). The third kappa shape index (κ3) is 3.64. The number of hydrogen-bond donors (Lipinski definition) is 2. The maximum atomic E-state index is 12.4. The lowest BCUT2D eigenvalue weighted by molar-refractivity contribution is -0.114. The molecule has 9 heteroatoms. The molecule has 0 radical (unpaired) electrons. The van der Waals surface area contributed by atoms with Gasteiger partial charge in [-0.25, -0.2) is 4.79 Å². The van der Waals surface area contributed by atoms with Gasteiger partial charge < -0.3 is 9.52 Å². The molecule has 0 saturated carbocycles. The molecular formula is C20H16N4O4S. The highest BCUT2D eigenvalue weighted by Crippen LogP contribution is 2.30. The number of amidine groups is 2. The maximum Gasteiger partial charge on any atom is 0.335 e. The summed E-state index contributed by atoms with van der Waals surface area (Å²) in [6.45, 7) is 2.03. The first-order chi connectivity index (χ1) is 14.0. The Labute approximate surface area is 170 Å². The van der Waals surface area contributed by atoms with Gasteiger partial charge in [-0.05, 0) is 54.9 Å². The normalized spacial score (nSPS) is 17.4. The van der Waals surface area contributed by atoms with Crippen LogP contribution in [0.25, 0.3) is 17.4 Å². The van der Waals surface area contributed by atoms with E-state index in [-0.39, 0.29) is 17.0 Å². The van der Waals surface area contributed by atoms with E-state index in [4.69, 9.17) is 14.9 Å². The van der Waals surface area contributed by atoms with Crippen molar-refractivity contribution in [1.82, 2.24) is 5.01 Å². The molecule has 0 spiro atoms. The summed E-state index contributed by atoms with van der Waals surface area (Å²) in [4.78, 5) is 27.6. The van der Waals surface area contributed by atoms with E-state index in [9.17, 15) is 9.59 Å². The SMILES string of the molecule is CCCC1=NN2C(=N)C(=Cc3ccc(-c4cccc(C(=O)O)c4)o3)C(=O)N=C2S1. The van der Waals surface area contributed by atoms with Crippen LogP contribution in [0.4, 0.5) is 0 Å². The summed E-state index contributed by atoms with van der Waals surface area (Å²) in [5.74, 6) is -0.782. The van der Waals surface area contributed by atoms with Crippen LogP contribution in [-0.2, 0) is 4.79 Å². The summed E-state index contributed by atoms with van der Waals surface area (Å²) < 4.78 is 5.75. The van der Waals surface area contributed by atoms with Crippen molar-refractivity contribution < 1.29 is 19.1 Å². The number of amides is 1. The summed E-state index contributed by atoms with van der Waals surface area (Å²) in [5.41, 5.74) is 0.831. The Bertz CT molecular complexity index is 1130. The number of carbonyl (C=O) groups is 2. The van der Waals surface area contributed by atoms with Gasteiger partial charge in [-0.1, -0.05) is 19.1 Å². The Morgan fingerprint density at radius 2 is 2.17 bits per heavy atom. The Morgan fingerprint density at radius 3 is 2.93 bits per heavy atom. The van der Waals surface area contributed by atoms with Crippen molar-refractivity contribution in [2.45, 2.75) is 19.8 Å². The predicted octanol–water partition coefficient (Wildman–Crippen LogP) is 4.06. The number of carboxylic acids is 1. The zero-order valence-corrected chi connectivity index (χ0v) is 16.2. The van der Waals surface area contributed by atoms with Gasteiger partial charge in [-0.3, -0.25) is 10.2 Å². The van der Waals surface area contributed by atoms with E-state index in [2.05, 4.69) is 10.1 Å². The number of carboxylic acid groups (broad SMARTS) is 1. The average molecular weight is 408 g/mol. The minimum Gasteiger partial charge on any atom is -0.478 e.